The van der Waals surface area contributed by atoms with Gasteiger partial charge in [0.2, 0.25) is 0 Å². The van der Waals surface area contributed by atoms with Crippen molar-refractivity contribution in [1.82, 2.24) is 14.5 Å². The fraction of sp³-hybridized carbons (Fsp3) is 0.316. The van der Waals surface area contributed by atoms with Crippen molar-refractivity contribution in [2.45, 2.75) is 25.6 Å². The average molecular weight is 306 g/mol. The molecular weight excluding hydrogens is 284 g/mol. The van der Waals surface area contributed by atoms with Gasteiger partial charge in [0.05, 0.1) is 17.4 Å². The van der Waals surface area contributed by atoms with Crippen LogP contribution in [-0.2, 0) is 13.1 Å². The maximum absolute atomic E-state index is 5.97. The van der Waals surface area contributed by atoms with Gasteiger partial charge in [0.25, 0.3) is 0 Å². The fourth-order valence-electron chi connectivity index (χ4n) is 3.35. The Morgan fingerprint density at radius 3 is 2.48 bits per heavy atom. The Bertz CT molecular complexity index is 790. The highest BCUT2D eigenvalue weighted by Gasteiger charge is 2.18. The molecule has 4 heteroatoms. The third kappa shape index (κ3) is 3.14. The molecule has 2 heterocycles. The van der Waals surface area contributed by atoms with Crippen LogP contribution in [0.5, 0.6) is 0 Å². The van der Waals surface area contributed by atoms with Crippen molar-refractivity contribution in [3.8, 4) is 0 Å². The summed E-state index contributed by atoms with van der Waals surface area (Å²) in [5.41, 5.74) is 10.9. The molecule has 1 atom stereocenters. The Kier molecular flexibility index (Phi) is 3.85. The van der Waals surface area contributed by atoms with Crippen LogP contribution in [0.1, 0.15) is 17.5 Å². The molecule has 0 spiro atoms. The van der Waals surface area contributed by atoms with E-state index in [0.29, 0.717) is 6.04 Å². The van der Waals surface area contributed by atoms with E-state index in [0.717, 1.165) is 38.1 Å². The van der Waals surface area contributed by atoms with E-state index in [9.17, 15) is 0 Å². The standard InChI is InChI=1S/C19H22N4/c20-17-9-10-22(13-17)11-15-5-7-16(8-6-15)12-23-14-21-18-3-1-2-4-19(18)23/h1-8,14,17H,9-13,20H2. The number of hydrogen-bond donors (Lipinski definition) is 1. The van der Waals surface area contributed by atoms with Gasteiger partial charge >= 0.3 is 0 Å². The number of rotatable bonds is 4. The molecule has 1 aliphatic rings. The first kappa shape index (κ1) is 14.4. The quantitative estimate of drug-likeness (QED) is 0.806. The maximum atomic E-state index is 5.97. The van der Waals surface area contributed by atoms with Crippen molar-refractivity contribution in [3.05, 3.63) is 66.0 Å². The number of hydrogen-bond acceptors (Lipinski definition) is 3. The van der Waals surface area contributed by atoms with Gasteiger partial charge in [-0.15, -0.1) is 0 Å². The van der Waals surface area contributed by atoms with Crippen LogP contribution in [0.4, 0.5) is 0 Å². The zero-order valence-electron chi connectivity index (χ0n) is 13.2. The van der Waals surface area contributed by atoms with Crippen molar-refractivity contribution in [3.63, 3.8) is 0 Å². The molecule has 1 aliphatic heterocycles. The molecule has 1 saturated heterocycles. The first-order valence-corrected chi connectivity index (χ1v) is 8.23. The van der Waals surface area contributed by atoms with Gasteiger partial charge in [0.15, 0.2) is 0 Å². The number of aromatic nitrogens is 2. The molecular formula is C19H22N4. The van der Waals surface area contributed by atoms with Crippen LogP contribution in [0.15, 0.2) is 54.9 Å². The molecule has 4 nitrogen and oxygen atoms in total. The number of nitrogens with zero attached hydrogens (tertiary/aromatic N) is 3. The number of benzene rings is 2. The van der Waals surface area contributed by atoms with Gasteiger partial charge in [0, 0.05) is 32.2 Å². The summed E-state index contributed by atoms with van der Waals surface area (Å²) in [4.78, 5) is 6.89. The van der Waals surface area contributed by atoms with E-state index in [2.05, 4.69) is 56.9 Å². The van der Waals surface area contributed by atoms with Gasteiger partial charge in [-0.25, -0.2) is 4.98 Å². The minimum absolute atomic E-state index is 0.351. The molecule has 1 fully saturated rings. The lowest BCUT2D eigenvalue weighted by Gasteiger charge is -2.15. The lowest BCUT2D eigenvalue weighted by atomic mass is 10.1. The summed E-state index contributed by atoms with van der Waals surface area (Å²) < 4.78 is 2.20. The van der Waals surface area contributed by atoms with Crippen LogP contribution in [0.3, 0.4) is 0 Å². The summed E-state index contributed by atoms with van der Waals surface area (Å²) in [7, 11) is 0. The molecule has 118 valence electrons. The zero-order valence-corrected chi connectivity index (χ0v) is 13.2. The summed E-state index contributed by atoms with van der Waals surface area (Å²) in [5.74, 6) is 0. The second kappa shape index (κ2) is 6.14. The SMILES string of the molecule is NC1CCN(Cc2ccc(Cn3cnc4ccccc43)cc2)C1. The first-order chi connectivity index (χ1) is 11.3. The fourth-order valence-corrected chi connectivity index (χ4v) is 3.35. The van der Waals surface area contributed by atoms with Gasteiger partial charge in [-0.05, 0) is 29.7 Å². The summed E-state index contributed by atoms with van der Waals surface area (Å²) >= 11 is 0. The Hall–Kier alpha value is -2.17. The summed E-state index contributed by atoms with van der Waals surface area (Å²) in [6.07, 6.45) is 3.04. The van der Waals surface area contributed by atoms with Crippen molar-refractivity contribution in [1.29, 1.82) is 0 Å². The Balaban J connectivity index is 1.46. The molecule has 0 saturated carbocycles. The van der Waals surface area contributed by atoms with Gasteiger partial charge in [0.1, 0.15) is 0 Å². The van der Waals surface area contributed by atoms with Gasteiger partial charge in [-0.1, -0.05) is 36.4 Å². The van der Waals surface area contributed by atoms with E-state index in [4.69, 9.17) is 5.73 Å². The van der Waals surface area contributed by atoms with Crippen molar-refractivity contribution in [2.24, 2.45) is 5.73 Å². The Morgan fingerprint density at radius 1 is 1.00 bits per heavy atom. The second-order valence-electron chi connectivity index (χ2n) is 6.46. The number of likely N-dealkylation sites (tertiary alicyclic amines) is 1. The number of nitrogens with two attached hydrogens (primary N) is 1. The van der Waals surface area contributed by atoms with Gasteiger partial charge in [-0.2, -0.15) is 0 Å². The molecule has 2 aromatic carbocycles. The minimum atomic E-state index is 0.351. The van der Waals surface area contributed by atoms with Crippen LogP contribution in [0.25, 0.3) is 11.0 Å². The van der Waals surface area contributed by atoms with E-state index in [-0.39, 0.29) is 0 Å². The monoisotopic (exact) mass is 306 g/mol. The molecule has 2 N–H and O–H groups in total. The van der Waals surface area contributed by atoms with Gasteiger partial charge < -0.3 is 10.3 Å². The maximum Gasteiger partial charge on any atom is 0.0961 e. The van der Waals surface area contributed by atoms with E-state index in [1.165, 1.54) is 16.6 Å². The zero-order chi connectivity index (χ0) is 15.6. The molecule has 0 aliphatic carbocycles. The van der Waals surface area contributed by atoms with Crippen LogP contribution >= 0.6 is 0 Å². The normalized spacial score (nSPS) is 18.7. The van der Waals surface area contributed by atoms with E-state index >= 15 is 0 Å². The predicted octanol–water partition coefficient (Wildman–Crippen LogP) is 2.62. The lowest BCUT2D eigenvalue weighted by Crippen LogP contribution is -2.26. The van der Waals surface area contributed by atoms with Crippen LogP contribution in [-0.4, -0.2) is 33.6 Å². The number of para-hydroxylation sites is 2. The third-order valence-corrected chi connectivity index (χ3v) is 4.62. The second-order valence-corrected chi connectivity index (χ2v) is 6.46. The number of fused-ring (bicyclic) bond motifs is 1. The molecule has 1 unspecified atom stereocenters. The first-order valence-electron chi connectivity index (χ1n) is 8.23. The summed E-state index contributed by atoms with van der Waals surface area (Å²) in [6, 6.07) is 17.5. The highest BCUT2D eigenvalue weighted by atomic mass is 15.2. The van der Waals surface area contributed by atoms with Crippen molar-refractivity contribution >= 4 is 11.0 Å². The van der Waals surface area contributed by atoms with E-state index in [1.807, 2.05) is 12.4 Å². The third-order valence-electron chi connectivity index (χ3n) is 4.62. The predicted molar refractivity (Wildman–Crippen MR) is 93.1 cm³/mol. The molecule has 4 rings (SSSR count). The van der Waals surface area contributed by atoms with E-state index in [1.54, 1.807) is 0 Å². The van der Waals surface area contributed by atoms with Crippen LogP contribution < -0.4 is 5.73 Å². The van der Waals surface area contributed by atoms with Crippen molar-refractivity contribution < 1.29 is 0 Å². The van der Waals surface area contributed by atoms with Gasteiger partial charge in [-0.3, -0.25) is 4.90 Å². The molecule has 0 radical (unpaired) electrons. The van der Waals surface area contributed by atoms with Crippen LogP contribution in [0.2, 0.25) is 0 Å². The smallest absolute Gasteiger partial charge is 0.0961 e. The molecule has 0 amide bonds. The summed E-state index contributed by atoms with van der Waals surface area (Å²) in [5, 5.41) is 0. The molecule has 1 aromatic heterocycles. The topological polar surface area (TPSA) is 47.1 Å². The van der Waals surface area contributed by atoms with E-state index < -0.39 is 0 Å². The van der Waals surface area contributed by atoms with Crippen LogP contribution in [0, 0.1) is 0 Å². The summed E-state index contributed by atoms with van der Waals surface area (Å²) in [6.45, 7) is 3.99. The molecule has 23 heavy (non-hydrogen) atoms. The van der Waals surface area contributed by atoms with Crippen molar-refractivity contribution in [2.75, 3.05) is 13.1 Å². The lowest BCUT2D eigenvalue weighted by molar-refractivity contribution is 0.327. The molecule has 0 bridgehead atoms. The highest BCUT2D eigenvalue weighted by Crippen LogP contribution is 2.16. The Morgan fingerprint density at radius 2 is 1.74 bits per heavy atom. The highest BCUT2D eigenvalue weighted by molar-refractivity contribution is 5.75. The largest absolute Gasteiger partial charge is 0.326 e. The minimum Gasteiger partial charge on any atom is -0.326 e. The Labute approximate surface area is 136 Å². The number of imidazole rings is 1. The average Bonchev–Trinajstić information content (AvgIpc) is 3.16. The molecule has 3 aromatic rings.